The maximum absolute atomic E-state index is 12.9. The van der Waals surface area contributed by atoms with Crippen LogP contribution in [-0.2, 0) is 17.6 Å². The second kappa shape index (κ2) is 7.36. The van der Waals surface area contributed by atoms with Crippen LogP contribution in [0, 0.1) is 0 Å². The van der Waals surface area contributed by atoms with Gasteiger partial charge >= 0.3 is 0 Å². The molecule has 25 heavy (non-hydrogen) atoms. The molecule has 1 aliphatic carbocycles. The van der Waals surface area contributed by atoms with Crippen molar-refractivity contribution in [2.75, 3.05) is 21.1 Å². The first-order chi connectivity index (χ1) is 11.9. The summed E-state index contributed by atoms with van der Waals surface area (Å²) in [5.41, 5.74) is 3.44. The lowest BCUT2D eigenvalue weighted by atomic mass is 10.0. The molecule has 1 amide bonds. The van der Waals surface area contributed by atoms with Crippen molar-refractivity contribution in [3.05, 3.63) is 69.2 Å². The Hall–Kier alpha value is -1.55. The van der Waals surface area contributed by atoms with E-state index in [1.807, 2.05) is 24.1 Å². The van der Waals surface area contributed by atoms with E-state index in [9.17, 15) is 4.79 Å². The minimum absolute atomic E-state index is 0.0569. The number of carbonyl (C=O) groups is 1. The number of amides is 1. The Morgan fingerprint density at radius 1 is 1.08 bits per heavy atom. The molecule has 0 unspecified atom stereocenters. The van der Waals surface area contributed by atoms with Crippen molar-refractivity contribution in [2.24, 2.45) is 0 Å². The van der Waals surface area contributed by atoms with Gasteiger partial charge in [0.25, 0.3) is 0 Å². The van der Waals surface area contributed by atoms with Crippen LogP contribution in [0.4, 0.5) is 0 Å². The third kappa shape index (κ3) is 3.69. The topological polar surface area (TPSA) is 23.6 Å². The van der Waals surface area contributed by atoms with Crippen LogP contribution >= 0.6 is 23.2 Å². The number of benzene rings is 2. The van der Waals surface area contributed by atoms with Crippen LogP contribution < -0.4 is 0 Å². The van der Waals surface area contributed by atoms with E-state index in [0.29, 0.717) is 16.5 Å². The second-order valence-electron chi connectivity index (χ2n) is 6.81. The van der Waals surface area contributed by atoms with Crippen molar-refractivity contribution >= 4 is 29.1 Å². The first kappa shape index (κ1) is 18.2. The monoisotopic (exact) mass is 376 g/mol. The van der Waals surface area contributed by atoms with Gasteiger partial charge in [-0.3, -0.25) is 4.79 Å². The number of hydrogen-bond donors (Lipinski definition) is 0. The maximum Gasteiger partial charge on any atom is 0.227 e. The van der Waals surface area contributed by atoms with Crippen LogP contribution in [0.25, 0.3) is 0 Å². The number of halogens is 2. The standard InChI is InChI=1S/C20H22Cl2N2O/c1-23(2)18-12-14-6-4-5-7-15(14)20(18)24(3)19(25)11-13-8-9-16(21)17(22)10-13/h4-10,18,20H,11-12H2,1-3H3/t18-,20-/m1/s1. The third-order valence-corrected chi connectivity index (χ3v) is 5.72. The zero-order valence-corrected chi connectivity index (χ0v) is 16.2. The Bertz CT molecular complexity index is 791. The van der Waals surface area contributed by atoms with E-state index in [4.69, 9.17) is 23.2 Å². The number of rotatable bonds is 4. The molecule has 2 aromatic carbocycles. The Balaban J connectivity index is 1.83. The zero-order valence-electron chi connectivity index (χ0n) is 14.7. The summed E-state index contributed by atoms with van der Waals surface area (Å²) in [7, 11) is 6.03. The predicted molar refractivity (Wildman–Crippen MR) is 103 cm³/mol. The van der Waals surface area contributed by atoms with Gasteiger partial charge in [0, 0.05) is 13.1 Å². The predicted octanol–water partition coefficient (Wildman–Crippen LogP) is 4.22. The number of hydrogen-bond acceptors (Lipinski definition) is 2. The highest BCUT2D eigenvalue weighted by molar-refractivity contribution is 6.42. The van der Waals surface area contributed by atoms with Gasteiger partial charge in [-0.05, 0) is 49.3 Å². The highest BCUT2D eigenvalue weighted by Crippen LogP contribution is 2.37. The molecule has 0 aliphatic heterocycles. The molecule has 1 aliphatic rings. The largest absolute Gasteiger partial charge is 0.337 e. The van der Waals surface area contributed by atoms with Crippen LogP contribution in [0.1, 0.15) is 22.7 Å². The van der Waals surface area contributed by atoms with E-state index in [1.165, 1.54) is 11.1 Å². The summed E-state index contributed by atoms with van der Waals surface area (Å²) in [4.78, 5) is 17.0. The Kier molecular flexibility index (Phi) is 5.38. The maximum atomic E-state index is 12.9. The van der Waals surface area contributed by atoms with Gasteiger partial charge in [0.15, 0.2) is 0 Å². The molecule has 0 saturated heterocycles. The molecule has 0 heterocycles. The average Bonchev–Trinajstić information content (AvgIpc) is 2.97. The summed E-state index contributed by atoms with van der Waals surface area (Å²) in [6.07, 6.45) is 1.27. The fourth-order valence-electron chi connectivity index (χ4n) is 3.59. The molecule has 0 spiro atoms. The van der Waals surface area contributed by atoms with Crippen LogP contribution in [0.3, 0.4) is 0 Å². The first-order valence-electron chi connectivity index (χ1n) is 8.32. The van der Waals surface area contributed by atoms with Gasteiger partial charge in [0.2, 0.25) is 5.91 Å². The van der Waals surface area contributed by atoms with Gasteiger partial charge in [-0.1, -0.05) is 53.5 Å². The molecule has 132 valence electrons. The Morgan fingerprint density at radius 3 is 2.48 bits per heavy atom. The van der Waals surface area contributed by atoms with E-state index < -0.39 is 0 Å². The molecule has 2 aromatic rings. The van der Waals surface area contributed by atoms with Gasteiger partial charge < -0.3 is 9.80 Å². The summed E-state index contributed by atoms with van der Waals surface area (Å²) in [6, 6.07) is 14.1. The summed E-state index contributed by atoms with van der Waals surface area (Å²) in [5, 5.41) is 0.982. The van der Waals surface area contributed by atoms with Crippen molar-refractivity contribution in [1.82, 2.24) is 9.80 Å². The van der Waals surface area contributed by atoms with Crippen LogP contribution in [0.5, 0.6) is 0 Å². The molecule has 0 radical (unpaired) electrons. The summed E-state index contributed by atoms with van der Waals surface area (Å²) in [5.74, 6) is 0.0759. The lowest BCUT2D eigenvalue weighted by Crippen LogP contribution is -2.42. The molecular weight excluding hydrogens is 355 g/mol. The number of fused-ring (bicyclic) bond motifs is 1. The Labute approximate surface area is 159 Å². The van der Waals surface area contributed by atoms with Crippen molar-refractivity contribution < 1.29 is 4.79 Å². The molecular formula is C20H22Cl2N2O. The number of likely N-dealkylation sites (N-methyl/N-ethyl adjacent to an activating group) is 2. The molecule has 2 atom stereocenters. The quantitative estimate of drug-likeness (QED) is 0.797. The molecule has 5 heteroatoms. The average molecular weight is 377 g/mol. The van der Waals surface area contributed by atoms with E-state index in [0.717, 1.165) is 12.0 Å². The van der Waals surface area contributed by atoms with Crippen molar-refractivity contribution in [1.29, 1.82) is 0 Å². The third-order valence-electron chi connectivity index (χ3n) is 4.98. The van der Waals surface area contributed by atoms with Crippen LogP contribution in [0.2, 0.25) is 10.0 Å². The van der Waals surface area contributed by atoms with Crippen molar-refractivity contribution in [3.8, 4) is 0 Å². The lowest BCUT2D eigenvalue weighted by Gasteiger charge is -2.34. The van der Waals surface area contributed by atoms with Gasteiger partial charge in [0.05, 0.1) is 22.5 Å². The fourth-order valence-corrected chi connectivity index (χ4v) is 3.91. The Morgan fingerprint density at radius 2 is 1.80 bits per heavy atom. The molecule has 0 saturated carbocycles. The molecule has 0 N–H and O–H groups in total. The highest BCUT2D eigenvalue weighted by atomic mass is 35.5. The SMILES string of the molecule is CN(C)[C@@H]1Cc2ccccc2[C@H]1N(C)C(=O)Cc1ccc(Cl)c(Cl)c1. The van der Waals surface area contributed by atoms with Gasteiger partial charge in [-0.25, -0.2) is 0 Å². The summed E-state index contributed by atoms with van der Waals surface area (Å²) >= 11 is 12.0. The normalized spacial score (nSPS) is 19.1. The van der Waals surface area contributed by atoms with Gasteiger partial charge in [0.1, 0.15) is 0 Å². The van der Waals surface area contributed by atoms with E-state index in [2.05, 4.69) is 37.2 Å². The van der Waals surface area contributed by atoms with E-state index >= 15 is 0 Å². The molecule has 3 rings (SSSR count). The molecule has 0 aromatic heterocycles. The summed E-state index contributed by atoms with van der Waals surface area (Å²) < 4.78 is 0. The summed E-state index contributed by atoms with van der Waals surface area (Å²) in [6.45, 7) is 0. The fraction of sp³-hybridized carbons (Fsp3) is 0.350. The minimum Gasteiger partial charge on any atom is -0.337 e. The first-order valence-corrected chi connectivity index (χ1v) is 9.08. The van der Waals surface area contributed by atoms with Gasteiger partial charge in [-0.2, -0.15) is 0 Å². The molecule has 0 fully saturated rings. The van der Waals surface area contributed by atoms with Crippen molar-refractivity contribution in [2.45, 2.75) is 24.9 Å². The van der Waals surface area contributed by atoms with Crippen LogP contribution in [-0.4, -0.2) is 42.9 Å². The van der Waals surface area contributed by atoms with Gasteiger partial charge in [-0.15, -0.1) is 0 Å². The minimum atomic E-state index is 0.0569. The van der Waals surface area contributed by atoms with Crippen molar-refractivity contribution in [3.63, 3.8) is 0 Å². The van der Waals surface area contributed by atoms with E-state index in [-0.39, 0.29) is 18.0 Å². The number of nitrogens with zero attached hydrogens (tertiary/aromatic N) is 2. The molecule has 0 bridgehead atoms. The molecule has 3 nitrogen and oxygen atoms in total. The number of carbonyl (C=O) groups excluding carboxylic acids is 1. The van der Waals surface area contributed by atoms with E-state index in [1.54, 1.807) is 12.1 Å². The second-order valence-corrected chi connectivity index (χ2v) is 7.62. The van der Waals surface area contributed by atoms with Crippen LogP contribution in [0.15, 0.2) is 42.5 Å². The zero-order chi connectivity index (χ0) is 18.1. The smallest absolute Gasteiger partial charge is 0.227 e. The lowest BCUT2D eigenvalue weighted by molar-refractivity contribution is -0.132. The highest BCUT2D eigenvalue weighted by Gasteiger charge is 2.37.